The Morgan fingerprint density at radius 3 is 1.52 bits per heavy atom. The highest BCUT2D eigenvalue weighted by atomic mass is 16.3. The Kier molecular flexibility index (Phi) is 6.17. The van der Waals surface area contributed by atoms with Crippen LogP contribution in [-0.2, 0) is 0 Å². The third kappa shape index (κ3) is 3.87. The summed E-state index contributed by atoms with van der Waals surface area (Å²) in [5, 5.41) is 7.40. The van der Waals surface area contributed by atoms with Crippen LogP contribution >= 0.6 is 0 Å². The summed E-state index contributed by atoms with van der Waals surface area (Å²) in [6, 6.07) is 41.6. The first kappa shape index (κ1) is 26.8. The molecule has 0 unspecified atom stereocenters. The number of hydrogen-bond acceptors (Lipinski definition) is 1. The van der Waals surface area contributed by atoms with Crippen LogP contribution in [0.25, 0.3) is 76.9 Å². The summed E-state index contributed by atoms with van der Waals surface area (Å²) >= 11 is 0. The monoisotopic (exact) mass is 556 g/mol. The first-order valence-corrected chi connectivity index (χ1v) is 15.5. The lowest BCUT2D eigenvalue weighted by molar-refractivity contribution is 0.669. The van der Waals surface area contributed by atoms with Crippen LogP contribution in [0.2, 0.25) is 0 Å². The Bertz CT molecular complexity index is 2360. The largest absolute Gasteiger partial charge is 0.456 e. The molecule has 0 spiro atoms. The molecule has 0 N–H and O–H groups in total. The summed E-state index contributed by atoms with van der Waals surface area (Å²) < 4.78 is 6.49. The maximum Gasteiger partial charge on any atom is 0.139 e. The topological polar surface area (TPSA) is 13.1 Å². The first-order chi connectivity index (χ1) is 21.4. The van der Waals surface area contributed by atoms with E-state index in [9.17, 15) is 0 Å². The Morgan fingerprint density at radius 2 is 0.909 bits per heavy atom. The van der Waals surface area contributed by atoms with Crippen molar-refractivity contribution in [1.29, 1.82) is 0 Å². The molecule has 0 fully saturated rings. The number of hydrogen-bond donors (Lipinski definition) is 0. The van der Waals surface area contributed by atoms with Crippen molar-refractivity contribution in [3.05, 3.63) is 115 Å². The number of benzene rings is 7. The molecule has 0 radical (unpaired) electrons. The number of rotatable bonds is 3. The van der Waals surface area contributed by atoms with Gasteiger partial charge in [0.25, 0.3) is 0 Å². The minimum atomic E-state index is 0.911. The van der Waals surface area contributed by atoms with Crippen LogP contribution in [0.15, 0.2) is 120 Å². The summed E-state index contributed by atoms with van der Waals surface area (Å²) in [6.45, 7) is 0. The summed E-state index contributed by atoms with van der Waals surface area (Å²) in [6.07, 6.45) is 0. The van der Waals surface area contributed by atoms with Gasteiger partial charge in [-0.2, -0.15) is 0 Å². The zero-order valence-corrected chi connectivity index (χ0v) is 25.9. The molecule has 0 amide bonds. The van der Waals surface area contributed by atoms with Gasteiger partial charge < -0.3 is 4.42 Å². The van der Waals surface area contributed by atoms with Gasteiger partial charge in [0.1, 0.15) is 50.4 Å². The second-order valence-electron chi connectivity index (χ2n) is 12.2. The van der Waals surface area contributed by atoms with Gasteiger partial charge >= 0.3 is 0 Å². The van der Waals surface area contributed by atoms with E-state index in [1.54, 1.807) is 0 Å². The molecule has 6 heteroatoms. The lowest BCUT2D eigenvalue weighted by Gasteiger charge is -2.24. The molecule has 44 heavy (non-hydrogen) atoms. The summed E-state index contributed by atoms with van der Waals surface area (Å²) in [5.41, 5.74) is 16.3. The second-order valence-corrected chi connectivity index (χ2v) is 12.2. The van der Waals surface area contributed by atoms with E-state index in [0.717, 1.165) is 21.9 Å². The van der Waals surface area contributed by atoms with Crippen molar-refractivity contribution in [3.63, 3.8) is 0 Å². The molecule has 8 aromatic rings. The van der Waals surface area contributed by atoms with E-state index in [1.165, 1.54) is 82.2 Å². The molecular formula is C38H29B5O. The molecule has 0 bridgehead atoms. The third-order valence-electron chi connectivity index (χ3n) is 10.1. The van der Waals surface area contributed by atoms with E-state index in [2.05, 4.69) is 154 Å². The molecular weight excluding hydrogens is 526 g/mol. The minimum absolute atomic E-state index is 0.911. The standard InChI is InChI=1S/C38H29B5O/c39-34-33(35(40)37(42)38(43)36(34)41)32-24-13-6-4-11-22(24)30(23-12-5-7-14-25(23)32)26-15-8-16-29-31(26)27-19-21(17-18-28(27)44-29)20-9-2-1-3-10-20/h1-19H,39-43H2. The summed E-state index contributed by atoms with van der Waals surface area (Å²) in [4.78, 5) is 0. The van der Waals surface area contributed by atoms with E-state index in [-0.39, 0.29) is 0 Å². The number of furan rings is 1. The second kappa shape index (κ2) is 10.1. The molecule has 8 rings (SSSR count). The van der Waals surface area contributed by atoms with Gasteiger partial charge in [-0.15, -0.1) is 16.4 Å². The predicted octanol–water partition coefficient (Wildman–Crippen LogP) is 2.19. The van der Waals surface area contributed by atoms with Crippen LogP contribution in [-0.4, -0.2) is 39.2 Å². The fourth-order valence-corrected chi connectivity index (χ4v) is 7.41. The van der Waals surface area contributed by atoms with Gasteiger partial charge in [-0.25, -0.2) is 0 Å². The van der Waals surface area contributed by atoms with Gasteiger partial charge in [-0.3, -0.25) is 0 Å². The van der Waals surface area contributed by atoms with Gasteiger partial charge in [0, 0.05) is 10.8 Å². The fraction of sp³-hybridized carbons (Fsp3) is 0. The molecule has 0 atom stereocenters. The van der Waals surface area contributed by atoms with Crippen molar-refractivity contribution >= 4 is 110 Å². The highest BCUT2D eigenvalue weighted by Gasteiger charge is 2.22. The molecule has 0 aliphatic carbocycles. The maximum absolute atomic E-state index is 6.49. The van der Waals surface area contributed by atoms with Crippen LogP contribution in [0.3, 0.4) is 0 Å². The average molecular weight is 556 g/mol. The van der Waals surface area contributed by atoms with Gasteiger partial charge in [0.2, 0.25) is 0 Å². The van der Waals surface area contributed by atoms with E-state index >= 15 is 0 Å². The van der Waals surface area contributed by atoms with Crippen LogP contribution in [0.5, 0.6) is 0 Å². The van der Waals surface area contributed by atoms with Gasteiger partial charge in [0.15, 0.2) is 0 Å². The average Bonchev–Trinajstić information content (AvgIpc) is 3.45. The smallest absolute Gasteiger partial charge is 0.139 e. The normalized spacial score (nSPS) is 11.6. The van der Waals surface area contributed by atoms with Gasteiger partial charge in [-0.05, 0) is 73.1 Å². The summed E-state index contributed by atoms with van der Waals surface area (Å²) in [5.74, 6) is 0. The fourth-order valence-electron chi connectivity index (χ4n) is 7.41. The first-order valence-electron chi connectivity index (χ1n) is 15.5. The quantitative estimate of drug-likeness (QED) is 0.241. The lowest BCUT2D eigenvalue weighted by Crippen LogP contribution is -2.55. The lowest BCUT2D eigenvalue weighted by atomic mass is 9.59. The predicted molar refractivity (Wildman–Crippen MR) is 206 cm³/mol. The SMILES string of the molecule is Bc1c(B)c(B)c(-c2c3ccccc3c(-c3cccc4oc5ccc(-c6ccccc6)cc5c34)c3ccccc23)c(B)c1B. The van der Waals surface area contributed by atoms with Crippen LogP contribution in [0.4, 0.5) is 0 Å². The van der Waals surface area contributed by atoms with Gasteiger partial charge in [-0.1, -0.05) is 108 Å². The summed E-state index contributed by atoms with van der Waals surface area (Å²) in [7, 11) is 11.4. The molecule has 1 nitrogen and oxygen atoms in total. The van der Waals surface area contributed by atoms with Crippen LogP contribution in [0.1, 0.15) is 0 Å². The molecule has 1 heterocycles. The van der Waals surface area contributed by atoms with E-state index in [1.807, 2.05) is 0 Å². The molecule has 7 aromatic carbocycles. The van der Waals surface area contributed by atoms with Crippen molar-refractivity contribution in [2.45, 2.75) is 0 Å². The molecule has 0 saturated carbocycles. The van der Waals surface area contributed by atoms with Crippen LogP contribution < -0.4 is 27.3 Å². The highest BCUT2D eigenvalue weighted by molar-refractivity contribution is 6.69. The van der Waals surface area contributed by atoms with Crippen molar-refractivity contribution in [1.82, 2.24) is 0 Å². The molecule has 0 aliphatic heterocycles. The maximum atomic E-state index is 6.49. The minimum Gasteiger partial charge on any atom is -0.456 e. The molecule has 0 aliphatic rings. The Labute approximate surface area is 262 Å². The molecule has 1 aromatic heterocycles. The van der Waals surface area contributed by atoms with Crippen LogP contribution in [0, 0.1) is 0 Å². The van der Waals surface area contributed by atoms with Crippen molar-refractivity contribution in [3.8, 4) is 33.4 Å². The van der Waals surface area contributed by atoms with E-state index < -0.39 is 0 Å². The Balaban J connectivity index is 1.52. The Morgan fingerprint density at radius 1 is 0.364 bits per heavy atom. The third-order valence-corrected chi connectivity index (χ3v) is 10.1. The van der Waals surface area contributed by atoms with E-state index in [0.29, 0.717) is 0 Å². The van der Waals surface area contributed by atoms with E-state index in [4.69, 9.17) is 4.42 Å². The number of fused-ring (bicyclic) bond motifs is 5. The van der Waals surface area contributed by atoms with Crippen molar-refractivity contribution in [2.24, 2.45) is 0 Å². The van der Waals surface area contributed by atoms with Crippen molar-refractivity contribution in [2.75, 3.05) is 0 Å². The van der Waals surface area contributed by atoms with Gasteiger partial charge in [0.05, 0.1) is 0 Å². The highest BCUT2D eigenvalue weighted by Crippen LogP contribution is 2.46. The molecule has 0 saturated heterocycles. The zero-order chi connectivity index (χ0) is 30.1. The Hall–Kier alpha value is -4.82. The molecule has 202 valence electrons. The van der Waals surface area contributed by atoms with Crippen molar-refractivity contribution < 1.29 is 4.42 Å². The zero-order valence-electron chi connectivity index (χ0n) is 25.9.